The van der Waals surface area contributed by atoms with Crippen molar-refractivity contribution < 1.29 is 9.90 Å². The summed E-state index contributed by atoms with van der Waals surface area (Å²) in [6.07, 6.45) is 4.71. The van der Waals surface area contributed by atoms with Crippen molar-refractivity contribution in [1.82, 2.24) is 9.55 Å². The molecule has 5 heteroatoms. The van der Waals surface area contributed by atoms with E-state index in [1.165, 1.54) is 0 Å². The SMILES string of the molecule is O=C(O)Cc1nccn1C1CCSC1. The lowest BCUT2D eigenvalue weighted by Gasteiger charge is -2.12. The number of imidazole rings is 1. The summed E-state index contributed by atoms with van der Waals surface area (Å²) in [5.41, 5.74) is 0. The number of hydrogen-bond acceptors (Lipinski definition) is 3. The Morgan fingerprint density at radius 2 is 2.64 bits per heavy atom. The van der Waals surface area contributed by atoms with E-state index < -0.39 is 5.97 Å². The van der Waals surface area contributed by atoms with Gasteiger partial charge in [-0.25, -0.2) is 4.98 Å². The van der Waals surface area contributed by atoms with Gasteiger partial charge < -0.3 is 9.67 Å². The minimum atomic E-state index is -0.817. The average molecular weight is 212 g/mol. The highest BCUT2D eigenvalue weighted by atomic mass is 32.2. The number of aliphatic carboxylic acids is 1. The first-order chi connectivity index (χ1) is 6.77. The second kappa shape index (κ2) is 4.04. The van der Waals surface area contributed by atoms with Crippen molar-refractivity contribution in [2.45, 2.75) is 18.9 Å². The van der Waals surface area contributed by atoms with E-state index in [0.29, 0.717) is 11.9 Å². The van der Waals surface area contributed by atoms with Crippen LogP contribution in [-0.2, 0) is 11.2 Å². The summed E-state index contributed by atoms with van der Waals surface area (Å²) in [5.74, 6) is 2.09. The van der Waals surface area contributed by atoms with E-state index in [9.17, 15) is 4.79 Å². The molecule has 0 bridgehead atoms. The molecule has 1 atom stereocenters. The van der Waals surface area contributed by atoms with Crippen molar-refractivity contribution in [1.29, 1.82) is 0 Å². The number of rotatable bonds is 3. The van der Waals surface area contributed by atoms with Crippen LogP contribution in [0, 0.1) is 0 Å². The Balaban J connectivity index is 2.15. The smallest absolute Gasteiger partial charge is 0.311 e. The zero-order chi connectivity index (χ0) is 9.97. The summed E-state index contributed by atoms with van der Waals surface area (Å²) in [6.45, 7) is 0. The van der Waals surface area contributed by atoms with Gasteiger partial charge in [-0.2, -0.15) is 11.8 Å². The molecule has 4 nitrogen and oxygen atoms in total. The molecule has 1 aromatic heterocycles. The van der Waals surface area contributed by atoms with Crippen molar-refractivity contribution >= 4 is 17.7 Å². The van der Waals surface area contributed by atoms with Crippen LogP contribution in [0.4, 0.5) is 0 Å². The van der Waals surface area contributed by atoms with Gasteiger partial charge >= 0.3 is 5.97 Å². The van der Waals surface area contributed by atoms with Gasteiger partial charge in [0.1, 0.15) is 12.2 Å². The van der Waals surface area contributed by atoms with E-state index in [0.717, 1.165) is 17.9 Å². The lowest BCUT2D eigenvalue weighted by atomic mass is 10.2. The Morgan fingerprint density at radius 1 is 1.79 bits per heavy atom. The number of aromatic nitrogens is 2. The Labute approximate surface area is 86.3 Å². The molecule has 14 heavy (non-hydrogen) atoms. The van der Waals surface area contributed by atoms with Crippen molar-refractivity contribution in [3.8, 4) is 0 Å². The van der Waals surface area contributed by atoms with Crippen LogP contribution < -0.4 is 0 Å². The van der Waals surface area contributed by atoms with Crippen LogP contribution in [0.1, 0.15) is 18.3 Å². The number of carboxylic acid groups (broad SMARTS) is 1. The molecule has 0 aromatic carbocycles. The Bertz CT molecular complexity index is 331. The van der Waals surface area contributed by atoms with E-state index in [2.05, 4.69) is 4.98 Å². The largest absolute Gasteiger partial charge is 0.481 e. The molecule has 1 N–H and O–H groups in total. The van der Waals surface area contributed by atoms with Crippen molar-refractivity contribution in [3.63, 3.8) is 0 Å². The lowest BCUT2D eigenvalue weighted by Crippen LogP contribution is -2.14. The van der Waals surface area contributed by atoms with Crippen molar-refractivity contribution in [2.75, 3.05) is 11.5 Å². The van der Waals surface area contributed by atoms with Gasteiger partial charge in [0.25, 0.3) is 0 Å². The molecule has 1 unspecified atom stereocenters. The molecule has 0 saturated carbocycles. The second-order valence-corrected chi connectivity index (χ2v) is 4.49. The first-order valence-corrected chi connectivity index (χ1v) is 5.74. The van der Waals surface area contributed by atoms with Gasteiger partial charge in [-0.1, -0.05) is 0 Å². The van der Waals surface area contributed by atoms with Gasteiger partial charge in [0.05, 0.1) is 0 Å². The van der Waals surface area contributed by atoms with Crippen LogP contribution in [0.5, 0.6) is 0 Å². The molecule has 2 rings (SSSR count). The molecule has 0 aliphatic carbocycles. The third kappa shape index (κ3) is 1.92. The lowest BCUT2D eigenvalue weighted by molar-refractivity contribution is -0.136. The van der Waals surface area contributed by atoms with E-state index >= 15 is 0 Å². The maximum absolute atomic E-state index is 10.6. The number of thioether (sulfide) groups is 1. The molecular weight excluding hydrogens is 200 g/mol. The quantitative estimate of drug-likeness (QED) is 0.817. The minimum Gasteiger partial charge on any atom is -0.481 e. The molecule has 0 amide bonds. The average Bonchev–Trinajstić information content (AvgIpc) is 2.70. The first-order valence-electron chi connectivity index (χ1n) is 4.58. The first kappa shape index (κ1) is 9.58. The fourth-order valence-corrected chi connectivity index (χ4v) is 2.89. The summed E-state index contributed by atoms with van der Waals surface area (Å²) < 4.78 is 2.01. The van der Waals surface area contributed by atoms with Crippen molar-refractivity contribution in [2.24, 2.45) is 0 Å². The zero-order valence-corrected chi connectivity index (χ0v) is 8.54. The number of hydrogen-bond donors (Lipinski definition) is 1. The molecule has 1 aromatic rings. The normalized spacial score (nSPS) is 21.3. The molecular formula is C9H12N2O2S. The molecule has 1 saturated heterocycles. The molecule has 76 valence electrons. The molecule has 0 spiro atoms. The van der Waals surface area contributed by atoms with Gasteiger partial charge in [0.15, 0.2) is 0 Å². The molecule has 2 heterocycles. The third-order valence-corrected chi connectivity index (χ3v) is 3.50. The van der Waals surface area contributed by atoms with Gasteiger partial charge in [0.2, 0.25) is 0 Å². The Hall–Kier alpha value is -0.970. The summed E-state index contributed by atoms with van der Waals surface area (Å²) >= 11 is 1.91. The standard InChI is InChI=1S/C9H12N2O2S/c12-9(13)5-8-10-2-3-11(8)7-1-4-14-6-7/h2-3,7H,1,4-6H2,(H,12,13). The zero-order valence-electron chi connectivity index (χ0n) is 7.72. The fraction of sp³-hybridized carbons (Fsp3) is 0.556. The summed E-state index contributed by atoms with van der Waals surface area (Å²) in [7, 11) is 0. The van der Waals surface area contributed by atoms with E-state index in [1.54, 1.807) is 6.20 Å². The van der Waals surface area contributed by atoms with E-state index in [-0.39, 0.29) is 6.42 Å². The third-order valence-electron chi connectivity index (χ3n) is 2.36. The van der Waals surface area contributed by atoms with Gasteiger partial charge in [-0.15, -0.1) is 0 Å². The number of nitrogens with zero attached hydrogens (tertiary/aromatic N) is 2. The van der Waals surface area contributed by atoms with Crippen LogP contribution in [0.15, 0.2) is 12.4 Å². The van der Waals surface area contributed by atoms with Gasteiger partial charge in [-0.3, -0.25) is 4.79 Å². The highest BCUT2D eigenvalue weighted by Crippen LogP contribution is 2.28. The monoisotopic (exact) mass is 212 g/mol. The Kier molecular flexibility index (Phi) is 2.77. The van der Waals surface area contributed by atoms with E-state index in [4.69, 9.17) is 5.11 Å². The van der Waals surface area contributed by atoms with Crippen LogP contribution in [0.25, 0.3) is 0 Å². The van der Waals surface area contributed by atoms with Crippen LogP contribution >= 0.6 is 11.8 Å². The number of carboxylic acids is 1. The predicted molar refractivity (Wildman–Crippen MR) is 54.5 cm³/mol. The molecule has 1 aliphatic heterocycles. The molecule has 1 aliphatic rings. The van der Waals surface area contributed by atoms with Gasteiger partial charge in [0, 0.05) is 24.2 Å². The maximum atomic E-state index is 10.6. The summed E-state index contributed by atoms with van der Waals surface area (Å²) in [6, 6.07) is 0.442. The summed E-state index contributed by atoms with van der Waals surface area (Å²) in [5, 5.41) is 8.69. The van der Waals surface area contributed by atoms with Gasteiger partial charge in [-0.05, 0) is 12.2 Å². The minimum absolute atomic E-state index is 0.0220. The molecule has 1 fully saturated rings. The highest BCUT2D eigenvalue weighted by Gasteiger charge is 2.20. The topological polar surface area (TPSA) is 55.1 Å². The van der Waals surface area contributed by atoms with E-state index in [1.807, 2.05) is 22.5 Å². The van der Waals surface area contributed by atoms with Crippen LogP contribution in [0.3, 0.4) is 0 Å². The van der Waals surface area contributed by atoms with Crippen LogP contribution in [-0.4, -0.2) is 32.1 Å². The molecule has 0 radical (unpaired) electrons. The summed E-state index contributed by atoms with van der Waals surface area (Å²) in [4.78, 5) is 14.6. The van der Waals surface area contributed by atoms with Crippen LogP contribution in [0.2, 0.25) is 0 Å². The predicted octanol–water partition coefficient (Wildman–Crippen LogP) is 1.19. The second-order valence-electron chi connectivity index (χ2n) is 3.34. The number of carbonyl (C=O) groups is 1. The fourth-order valence-electron chi connectivity index (χ4n) is 1.69. The van der Waals surface area contributed by atoms with Crippen molar-refractivity contribution in [3.05, 3.63) is 18.2 Å². The highest BCUT2D eigenvalue weighted by molar-refractivity contribution is 7.99. The maximum Gasteiger partial charge on any atom is 0.311 e. The Morgan fingerprint density at radius 3 is 3.29 bits per heavy atom.